The van der Waals surface area contributed by atoms with Crippen LogP contribution in [0.4, 0.5) is 0 Å². The van der Waals surface area contributed by atoms with Crippen molar-refractivity contribution in [3.63, 3.8) is 0 Å². The van der Waals surface area contributed by atoms with E-state index >= 15 is 0 Å². The van der Waals surface area contributed by atoms with Crippen LogP contribution in [0.25, 0.3) is 0 Å². The number of carboxylic acid groups (broad SMARTS) is 2. The zero-order valence-electron chi connectivity index (χ0n) is 16.1. The molecule has 0 aromatic heterocycles. The first-order valence-electron chi connectivity index (χ1n) is 8.57. The molecule has 174 valence electrons. The first-order valence-corrected chi connectivity index (χ1v) is 9.20. The lowest BCUT2D eigenvalue weighted by atomic mass is 10.1. The van der Waals surface area contributed by atoms with E-state index in [1.54, 1.807) is 0 Å². The third-order valence-corrected chi connectivity index (χ3v) is 4.00. The van der Waals surface area contributed by atoms with Gasteiger partial charge in [0.2, 0.25) is 29.5 Å². The largest absolute Gasteiger partial charge is 0.481 e. The van der Waals surface area contributed by atoms with Crippen LogP contribution in [-0.4, -0.2) is 81.6 Å². The second kappa shape index (κ2) is 13.0. The Morgan fingerprint density at radius 3 is 1.42 bits per heavy atom. The van der Waals surface area contributed by atoms with Gasteiger partial charge in [-0.15, -0.1) is 0 Å². The summed E-state index contributed by atoms with van der Waals surface area (Å²) in [5.74, 6) is -8.61. The van der Waals surface area contributed by atoms with Crippen molar-refractivity contribution in [2.24, 2.45) is 17.2 Å². The Balaban J connectivity index is 5.53. The summed E-state index contributed by atoms with van der Waals surface area (Å²) in [6.07, 6.45) is -2.48. The van der Waals surface area contributed by atoms with Crippen LogP contribution >= 0.6 is 12.6 Å². The quantitative estimate of drug-likeness (QED) is 0.110. The molecule has 11 N–H and O–H groups in total. The summed E-state index contributed by atoms with van der Waals surface area (Å²) >= 11 is 3.82. The van der Waals surface area contributed by atoms with E-state index in [-0.39, 0.29) is 5.75 Å². The van der Waals surface area contributed by atoms with Gasteiger partial charge in [-0.1, -0.05) is 0 Å². The second-order valence-corrected chi connectivity index (χ2v) is 6.61. The molecule has 4 unspecified atom stereocenters. The third-order valence-electron chi connectivity index (χ3n) is 3.60. The van der Waals surface area contributed by atoms with Crippen molar-refractivity contribution in [1.29, 1.82) is 0 Å². The van der Waals surface area contributed by atoms with Crippen LogP contribution in [0.5, 0.6) is 0 Å². The van der Waals surface area contributed by atoms with E-state index in [0.717, 1.165) is 0 Å². The van der Waals surface area contributed by atoms with Crippen molar-refractivity contribution in [3.05, 3.63) is 0 Å². The summed E-state index contributed by atoms with van der Waals surface area (Å²) in [6.45, 7) is 0. The Hall–Kier alpha value is -3.40. The molecule has 0 aliphatic heterocycles. The molecule has 0 saturated carbocycles. The summed E-state index contributed by atoms with van der Waals surface area (Å²) in [5.41, 5.74) is 15.5. The predicted molar refractivity (Wildman–Crippen MR) is 105 cm³/mol. The molecule has 16 heteroatoms. The van der Waals surface area contributed by atoms with Crippen molar-refractivity contribution in [2.75, 3.05) is 5.75 Å². The number of hydrogen-bond acceptors (Lipinski definition) is 9. The van der Waals surface area contributed by atoms with Gasteiger partial charge in [-0.25, -0.2) is 4.79 Å². The SMILES string of the molecule is NC(=O)CC(NC(=O)C(N)CS)C(=O)NC(CC(N)=O)C(=O)NC(CC(=O)O)C(=O)O. The molecule has 0 aromatic rings. The Labute approximate surface area is 180 Å². The van der Waals surface area contributed by atoms with E-state index in [4.69, 9.17) is 27.4 Å². The van der Waals surface area contributed by atoms with E-state index < -0.39 is 84.9 Å². The van der Waals surface area contributed by atoms with Crippen LogP contribution in [0.2, 0.25) is 0 Å². The molecule has 15 nitrogen and oxygen atoms in total. The normalized spacial score (nSPS) is 14.3. The van der Waals surface area contributed by atoms with Crippen molar-refractivity contribution in [1.82, 2.24) is 16.0 Å². The van der Waals surface area contributed by atoms with Crippen molar-refractivity contribution in [3.8, 4) is 0 Å². The van der Waals surface area contributed by atoms with Gasteiger partial charge in [-0.05, 0) is 0 Å². The van der Waals surface area contributed by atoms with Crippen molar-refractivity contribution in [2.45, 2.75) is 43.4 Å². The predicted octanol–water partition coefficient (Wildman–Crippen LogP) is -4.99. The molecule has 0 aliphatic carbocycles. The maximum atomic E-state index is 12.5. The fourth-order valence-electron chi connectivity index (χ4n) is 2.10. The topological polar surface area (TPSA) is 274 Å². The van der Waals surface area contributed by atoms with Gasteiger partial charge in [0.05, 0.1) is 25.3 Å². The van der Waals surface area contributed by atoms with Crippen LogP contribution in [0, 0.1) is 0 Å². The standard InChI is InChI=1S/C15H24N6O9S/c16-5(4-31)12(26)19-6(1-9(17)22)13(27)20-7(2-10(18)23)14(28)21-8(15(29)30)3-11(24)25/h5-8,31H,1-4,16H2,(H2,17,22)(H2,18,23)(H,19,26)(H,20,27)(H,21,28)(H,24,25)(H,29,30). The minimum Gasteiger partial charge on any atom is -0.481 e. The van der Waals surface area contributed by atoms with Crippen molar-refractivity contribution < 1.29 is 43.8 Å². The van der Waals surface area contributed by atoms with Crippen LogP contribution in [-0.2, 0) is 33.6 Å². The first kappa shape index (κ1) is 27.6. The number of carbonyl (C=O) groups is 7. The summed E-state index contributed by atoms with van der Waals surface area (Å²) < 4.78 is 0. The maximum Gasteiger partial charge on any atom is 0.326 e. The van der Waals surface area contributed by atoms with E-state index in [0.29, 0.717) is 0 Å². The lowest BCUT2D eigenvalue weighted by Crippen LogP contribution is -2.58. The molecule has 5 amide bonds. The number of thiol groups is 1. The Morgan fingerprint density at radius 1 is 0.710 bits per heavy atom. The maximum absolute atomic E-state index is 12.5. The van der Waals surface area contributed by atoms with Gasteiger partial charge in [0.1, 0.15) is 18.1 Å². The van der Waals surface area contributed by atoms with Crippen LogP contribution in [0.3, 0.4) is 0 Å². The molecule has 0 aromatic carbocycles. The lowest BCUT2D eigenvalue weighted by molar-refractivity contribution is -0.147. The molecule has 0 rings (SSSR count). The molecular weight excluding hydrogens is 440 g/mol. The average Bonchev–Trinajstić information content (AvgIpc) is 2.64. The van der Waals surface area contributed by atoms with E-state index in [2.05, 4.69) is 17.9 Å². The zero-order valence-corrected chi connectivity index (χ0v) is 17.0. The minimum atomic E-state index is -1.87. The molecule has 0 aliphatic rings. The third kappa shape index (κ3) is 10.8. The van der Waals surface area contributed by atoms with Crippen LogP contribution < -0.4 is 33.2 Å². The second-order valence-electron chi connectivity index (χ2n) is 6.25. The summed E-state index contributed by atoms with van der Waals surface area (Å²) in [5, 5.41) is 23.8. The summed E-state index contributed by atoms with van der Waals surface area (Å²) in [6, 6.07) is -6.34. The number of hydrogen-bond donors (Lipinski definition) is 9. The molecule has 0 spiro atoms. The number of rotatable bonds is 14. The highest BCUT2D eigenvalue weighted by molar-refractivity contribution is 7.80. The van der Waals surface area contributed by atoms with Gasteiger partial charge < -0.3 is 43.4 Å². The highest BCUT2D eigenvalue weighted by Gasteiger charge is 2.32. The molecule has 0 radical (unpaired) electrons. The van der Waals surface area contributed by atoms with Gasteiger partial charge in [0, 0.05) is 5.75 Å². The minimum absolute atomic E-state index is 0.0936. The number of carbonyl (C=O) groups excluding carboxylic acids is 5. The molecule has 0 heterocycles. The molecule has 4 atom stereocenters. The van der Waals surface area contributed by atoms with Crippen molar-refractivity contribution >= 4 is 54.1 Å². The number of aliphatic carboxylic acids is 2. The molecule has 0 saturated heterocycles. The fraction of sp³-hybridized carbons (Fsp3) is 0.533. The van der Waals surface area contributed by atoms with Gasteiger partial charge in [0.25, 0.3) is 0 Å². The highest BCUT2D eigenvalue weighted by Crippen LogP contribution is 2.01. The highest BCUT2D eigenvalue weighted by atomic mass is 32.1. The van der Waals surface area contributed by atoms with E-state index in [1.807, 2.05) is 10.6 Å². The van der Waals surface area contributed by atoms with Gasteiger partial charge in [-0.2, -0.15) is 12.6 Å². The van der Waals surface area contributed by atoms with Gasteiger partial charge in [0.15, 0.2) is 0 Å². The number of nitrogens with one attached hydrogen (secondary N) is 3. The molecule has 0 bridgehead atoms. The van der Waals surface area contributed by atoms with Gasteiger partial charge >= 0.3 is 11.9 Å². The Morgan fingerprint density at radius 2 is 1.10 bits per heavy atom. The fourth-order valence-corrected chi connectivity index (χ4v) is 2.27. The summed E-state index contributed by atoms with van der Waals surface area (Å²) in [7, 11) is 0. The molecule has 31 heavy (non-hydrogen) atoms. The summed E-state index contributed by atoms with van der Waals surface area (Å²) in [4.78, 5) is 81.0. The van der Waals surface area contributed by atoms with Crippen LogP contribution in [0.1, 0.15) is 19.3 Å². The zero-order chi connectivity index (χ0) is 24.3. The lowest BCUT2D eigenvalue weighted by Gasteiger charge is -2.23. The van der Waals surface area contributed by atoms with Gasteiger partial charge in [-0.3, -0.25) is 28.8 Å². The number of carboxylic acids is 2. The Kier molecular flexibility index (Phi) is 11.6. The van der Waals surface area contributed by atoms with Crippen LogP contribution in [0.15, 0.2) is 0 Å². The van der Waals surface area contributed by atoms with E-state index in [9.17, 15) is 33.6 Å². The Bertz CT molecular complexity index is 746. The smallest absolute Gasteiger partial charge is 0.326 e. The number of amides is 5. The monoisotopic (exact) mass is 464 g/mol. The first-order chi connectivity index (χ1) is 14.3. The van der Waals surface area contributed by atoms with E-state index in [1.165, 1.54) is 0 Å². The average molecular weight is 464 g/mol. The molecule has 0 fully saturated rings. The molecular formula is C15H24N6O9S. The number of nitrogens with two attached hydrogens (primary N) is 3. The number of primary amides is 2.